The third-order valence-electron chi connectivity index (χ3n) is 5.22. The van der Waals surface area contributed by atoms with Gasteiger partial charge in [-0.05, 0) is 52.8 Å². The van der Waals surface area contributed by atoms with E-state index in [1.165, 1.54) is 17.0 Å². The van der Waals surface area contributed by atoms with Crippen LogP contribution in [0.2, 0.25) is 0 Å². The van der Waals surface area contributed by atoms with E-state index in [-0.39, 0.29) is 30.9 Å². The molecule has 3 heterocycles. The highest BCUT2D eigenvalue weighted by Gasteiger charge is 2.27. The van der Waals surface area contributed by atoms with E-state index in [2.05, 4.69) is 15.3 Å². The smallest absolute Gasteiger partial charge is 0.419 e. The molecule has 0 atom stereocenters. The first-order valence-electron chi connectivity index (χ1n) is 11.6. The summed E-state index contributed by atoms with van der Waals surface area (Å²) in [5, 5.41) is 4.23. The van der Waals surface area contributed by atoms with Crippen LogP contribution in [0, 0.1) is 0 Å². The number of aromatic nitrogens is 3. The fourth-order valence-electron chi connectivity index (χ4n) is 3.93. The molecule has 0 unspecified atom stereocenters. The first-order valence-corrected chi connectivity index (χ1v) is 11.6. The maximum Gasteiger partial charge on any atom is 0.419 e. The molecule has 190 valence electrons. The standard InChI is InChI=1S/C26H30N4O6/c1-15(2)29-24(31)23-18(13-33-6)22-17-11-16(35-14-21-27-9-10-34-21)7-8-19(17)30(20(22)12-28-23)25(32)36-26(3,4)5/h7-12,15H,13-14H2,1-6H3,(H,29,31). The molecular weight excluding hydrogens is 464 g/mol. The summed E-state index contributed by atoms with van der Waals surface area (Å²) >= 11 is 0. The molecule has 1 amide bonds. The summed E-state index contributed by atoms with van der Waals surface area (Å²) < 4.78 is 23.7. The Kier molecular flexibility index (Phi) is 6.98. The van der Waals surface area contributed by atoms with Gasteiger partial charge in [-0.1, -0.05) is 0 Å². The Morgan fingerprint density at radius 2 is 1.92 bits per heavy atom. The summed E-state index contributed by atoms with van der Waals surface area (Å²) in [5.41, 5.74) is 1.16. The van der Waals surface area contributed by atoms with E-state index in [1.807, 2.05) is 19.9 Å². The van der Waals surface area contributed by atoms with E-state index >= 15 is 0 Å². The van der Waals surface area contributed by atoms with Crippen molar-refractivity contribution < 1.29 is 28.2 Å². The molecule has 0 aliphatic carbocycles. The molecule has 0 spiro atoms. The van der Waals surface area contributed by atoms with Crippen molar-refractivity contribution in [2.75, 3.05) is 7.11 Å². The number of amides is 1. The molecular formula is C26H30N4O6. The number of hydrogen-bond acceptors (Lipinski definition) is 8. The zero-order valence-corrected chi connectivity index (χ0v) is 21.2. The molecule has 36 heavy (non-hydrogen) atoms. The fourth-order valence-corrected chi connectivity index (χ4v) is 3.93. The number of pyridine rings is 1. The highest BCUT2D eigenvalue weighted by molar-refractivity contribution is 6.16. The quantitative estimate of drug-likeness (QED) is 0.388. The molecule has 0 bridgehead atoms. The summed E-state index contributed by atoms with van der Waals surface area (Å²) in [5.74, 6) is 0.647. The van der Waals surface area contributed by atoms with Crippen LogP contribution >= 0.6 is 0 Å². The molecule has 10 heteroatoms. The van der Waals surface area contributed by atoms with Crippen LogP contribution in [0.5, 0.6) is 5.75 Å². The summed E-state index contributed by atoms with van der Waals surface area (Å²) in [6.45, 7) is 9.40. The van der Waals surface area contributed by atoms with Crippen molar-refractivity contribution in [3.63, 3.8) is 0 Å². The second kappa shape index (κ2) is 9.98. The monoisotopic (exact) mass is 494 g/mol. The largest absolute Gasteiger partial charge is 0.484 e. The summed E-state index contributed by atoms with van der Waals surface area (Å²) in [6.07, 6.45) is 3.98. The molecule has 0 aliphatic heterocycles. The lowest BCUT2D eigenvalue weighted by molar-refractivity contribution is 0.0551. The minimum Gasteiger partial charge on any atom is -0.484 e. The molecule has 4 rings (SSSR count). The highest BCUT2D eigenvalue weighted by atomic mass is 16.6. The third kappa shape index (κ3) is 5.18. The SMILES string of the molecule is COCc1c(C(=O)NC(C)C)ncc2c1c1cc(OCc3ncco3)ccc1n2C(=O)OC(C)(C)C. The number of rotatable bonds is 7. The lowest BCUT2D eigenvalue weighted by atomic mass is 10.0. The average molecular weight is 495 g/mol. The Hall–Kier alpha value is -3.92. The number of oxazole rings is 1. The van der Waals surface area contributed by atoms with Gasteiger partial charge in [-0.15, -0.1) is 0 Å². The zero-order chi connectivity index (χ0) is 26.0. The molecule has 1 N–H and O–H groups in total. The molecule has 4 aromatic rings. The van der Waals surface area contributed by atoms with Gasteiger partial charge in [0.15, 0.2) is 6.61 Å². The number of ether oxygens (including phenoxy) is 3. The van der Waals surface area contributed by atoms with Gasteiger partial charge in [0.1, 0.15) is 23.3 Å². The van der Waals surface area contributed by atoms with Crippen molar-refractivity contribution in [3.05, 3.63) is 54.0 Å². The summed E-state index contributed by atoms with van der Waals surface area (Å²) in [6, 6.07) is 5.25. The lowest BCUT2D eigenvalue weighted by Gasteiger charge is -2.20. The second-order valence-corrected chi connectivity index (χ2v) is 9.62. The van der Waals surface area contributed by atoms with Crippen molar-refractivity contribution in [2.45, 2.75) is 59.5 Å². The number of hydrogen-bond donors (Lipinski definition) is 1. The van der Waals surface area contributed by atoms with E-state index in [0.717, 1.165) is 0 Å². The Labute approximate surface area is 208 Å². The predicted molar refractivity (Wildman–Crippen MR) is 133 cm³/mol. The van der Waals surface area contributed by atoms with Crippen LogP contribution in [0.3, 0.4) is 0 Å². The predicted octanol–water partition coefficient (Wildman–Crippen LogP) is 4.82. The normalized spacial score (nSPS) is 11.9. The number of carbonyl (C=O) groups is 2. The van der Waals surface area contributed by atoms with Gasteiger partial charge in [0.25, 0.3) is 5.91 Å². The van der Waals surface area contributed by atoms with Gasteiger partial charge in [0.2, 0.25) is 5.89 Å². The molecule has 0 saturated heterocycles. The van der Waals surface area contributed by atoms with E-state index in [0.29, 0.717) is 39.0 Å². The van der Waals surface area contributed by atoms with Crippen LogP contribution in [0.1, 0.15) is 56.6 Å². The van der Waals surface area contributed by atoms with E-state index in [9.17, 15) is 9.59 Å². The van der Waals surface area contributed by atoms with Crippen LogP contribution in [-0.4, -0.2) is 45.3 Å². The summed E-state index contributed by atoms with van der Waals surface area (Å²) in [4.78, 5) is 34.8. The Bertz CT molecular complexity index is 1400. The number of methoxy groups -OCH3 is 1. The number of nitrogens with zero attached hydrogens (tertiary/aromatic N) is 3. The van der Waals surface area contributed by atoms with Gasteiger partial charge in [0, 0.05) is 29.5 Å². The van der Waals surface area contributed by atoms with Gasteiger partial charge < -0.3 is 23.9 Å². The van der Waals surface area contributed by atoms with Gasteiger partial charge in [-0.25, -0.2) is 19.3 Å². The lowest BCUT2D eigenvalue weighted by Crippen LogP contribution is -2.31. The Morgan fingerprint density at radius 3 is 2.56 bits per heavy atom. The minimum atomic E-state index is -0.709. The topological polar surface area (TPSA) is 118 Å². The van der Waals surface area contributed by atoms with Gasteiger partial charge >= 0.3 is 6.09 Å². The van der Waals surface area contributed by atoms with Gasteiger partial charge in [-0.3, -0.25) is 4.79 Å². The van der Waals surface area contributed by atoms with Crippen LogP contribution < -0.4 is 10.1 Å². The van der Waals surface area contributed by atoms with Crippen LogP contribution in [0.15, 0.2) is 41.3 Å². The van der Waals surface area contributed by atoms with Gasteiger partial charge in [0.05, 0.1) is 30.0 Å². The molecule has 0 saturated carbocycles. The first-order chi connectivity index (χ1) is 17.1. The number of fused-ring (bicyclic) bond motifs is 3. The molecule has 0 radical (unpaired) electrons. The Morgan fingerprint density at radius 1 is 1.14 bits per heavy atom. The minimum absolute atomic E-state index is 0.0799. The van der Waals surface area contributed by atoms with E-state index < -0.39 is 11.7 Å². The van der Waals surface area contributed by atoms with Crippen LogP contribution in [0.25, 0.3) is 21.8 Å². The number of carbonyl (C=O) groups excluding carboxylic acids is 2. The van der Waals surface area contributed by atoms with E-state index in [1.54, 1.807) is 46.2 Å². The van der Waals surface area contributed by atoms with Crippen LogP contribution in [-0.2, 0) is 22.7 Å². The van der Waals surface area contributed by atoms with Crippen LogP contribution in [0.4, 0.5) is 4.79 Å². The second-order valence-electron chi connectivity index (χ2n) is 9.62. The maximum atomic E-state index is 13.3. The van der Waals surface area contributed by atoms with Crippen molar-refractivity contribution in [2.24, 2.45) is 0 Å². The van der Waals surface area contributed by atoms with Crippen molar-refractivity contribution in [3.8, 4) is 5.75 Å². The highest BCUT2D eigenvalue weighted by Crippen LogP contribution is 2.36. The third-order valence-corrected chi connectivity index (χ3v) is 5.22. The molecule has 3 aromatic heterocycles. The van der Waals surface area contributed by atoms with Gasteiger partial charge in [-0.2, -0.15) is 0 Å². The van der Waals surface area contributed by atoms with Crippen molar-refractivity contribution in [1.29, 1.82) is 0 Å². The average Bonchev–Trinajstić information content (AvgIpc) is 3.42. The molecule has 1 aromatic carbocycles. The van der Waals surface area contributed by atoms with Crippen molar-refractivity contribution >= 4 is 33.8 Å². The molecule has 0 aliphatic rings. The van der Waals surface area contributed by atoms with Crippen molar-refractivity contribution in [1.82, 2.24) is 19.9 Å². The zero-order valence-electron chi connectivity index (χ0n) is 21.2. The molecule has 0 fully saturated rings. The molecule has 10 nitrogen and oxygen atoms in total. The van der Waals surface area contributed by atoms with E-state index in [4.69, 9.17) is 18.6 Å². The fraction of sp³-hybridized carbons (Fsp3) is 0.385. The Balaban J connectivity index is 1.94. The number of nitrogens with one attached hydrogen (secondary N) is 1. The number of benzene rings is 1. The maximum absolute atomic E-state index is 13.3. The summed E-state index contributed by atoms with van der Waals surface area (Å²) in [7, 11) is 1.54. The first kappa shape index (κ1) is 25.2.